The molecule has 1 N–H and O–H groups in total. The molecule has 0 atom stereocenters. The van der Waals surface area contributed by atoms with Gasteiger partial charge in [-0.3, -0.25) is 4.79 Å². The number of hydrogen-bond acceptors (Lipinski definition) is 6. The maximum absolute atomic E-state index is 12.5. The number of carbonyl (C=O) groups is 1. The fraction of sp³-hybridized carbons (Fsp3) is 0.250. The van der Waals surface area contributed by atoms with Gasteiger partial charge in [0.1, 0.15) is 13.2 Å². The van der Waals surface area contributed by atoms with E-state index in [1.807, 2.05) is 19.9 Å². The van der Waals surface area contributed by atoms with Gasteiger partial charge in [-0.1, -0.05) is 25.3 Å². The fourth-order valence-corrected chi connectivity index (χ4v) is 2.56. The van der Waals surface area contributed by atoms with Crippen LogP contribution in [0, 0.1) is 0 Å². The first kappa shape index (κ1) is 23.5. The zero-order valence-corrected chi connectivity index (χ0v) is 17.9. The summed E-state index contributed by atoms with van der Waals surface area (Å²) in [5.41, 5.74) is 3.66. The molecule has 2 rings (SSSR count). The molecule has 164 valence electrons. The lowest BCUT2D eigenvalue weighted by molar-refractivity contribution is 0.0954. The minimum atomic E-state index is -0.372. The molecule has 0 saturated heterocycles. The standard InChI is InChI=1S/C24H28N2O5/c1-5-13-30-20-11-9-18(15-22(20)28-7-3)17-25-26-24(27)19-10-12-21(31-14-6-2)23(16-19)29-8-4/h5-6,9-12,15-17H,1-2,7-8,13-14H2,3-4H3,(H,26,27)/b25-17+. The van der Waals surface area contributed by atoms with Gasteiger partial charge in [0.05, 0.1) is 19.4 Å². The molecule has 0 fully saturated rings. The summed E-state index contributed by atoms with van der Waals surface area (Å²) in [5, 5.41) is 4.04. The number of nitrogens with zero attached hydrogens (tertiary/aromatic N) is 1. The summed E-state index contributed by atoms with van der Waals surface area (Å²) in [4.78, 5) is 12.5. The molecule has 1 amide bonds. The third kappa shape index (κ3) is 7.22. The van der Waals surface area contributed by atoms with Crippen LogP contribution in [0.25, 0.3) is 0 Å². The molecule has 0 bridgehead atoms. The second-order valence-electron chi connectivity index (χ2n) is 6.13. The molecule has 31 heavy (non-hydrogen) atoms. The fourth-order valence-electron chi connectivity index (χ4n) is 2.56. The summed E-state index contributed by atoms with van der Waals surface area (Å²) in [7, 11) is 0. The van der Waals surface area contributed by atoms with Crippen molar-refractivity contribution in [2.75, 3.05) is 26.4 Å². The molecular formula is C24H28N2O5. The van der Waals surface area contributed by atoms with Gasteiger partial charge >= 0.3 is 0 Å². The molecule has 0 spiro atoms. The van der Waals surface area contributed by atoms with Crippen molar-refractivity contribution in [3.05, 3.63) is 72.8 Å². The van der Waals surface area contributed by atoms with Crippen LogP contribution in [0.1, 0.15) is 29.8 Å². The van der Waals surface area contributed by atoms with Crippen molar-refractivity contribution in [2.45, 2.75) is 13.8 Å². The molecule has 0 aliphatic rings. The summed E-state index contributed by atoms with van der Waals surface area (Å²) < 4.78 is 22.3. The van der Waals surface area contributed by atoms with Crippen LogP contribution in [-0.2, 0) is 0 Å². The third-order valence-electron chi connectivity index (χ3n) is 3.87. The van der Waals surface area contributed by atoms with Crippen molar-refractivity contribution in [1.29, 1.82) is 0 Å². The molecule has 0 aliphatic carbocycles. The molecule has 7 nitrogen and oxygen atoms in total. The van der Waals surface area contributed by atoms with Gasteiger partial charge in [0, 0.05) is 5.56 Å². The van der Waals surface area contributed by atoms with E-state index in [2.05, 4.69) is 23.7 Å². The first-order chi connectivity index (χ1) is 15.1. The van der Waals surface area contributed by atoms with E-state index in [1.165, 1.54) is 6.21 Å². The lowest BCUT2D eigenvalue weighted by atomic mass is 10.2. The predicted octanol–water partition coefficient (Wildman–Crippen LogP) is 4.38. The highest BCUT2D eigenvalue weighted by molar-refractivity contribution is 5.95. The Bertz CT molecular complexity index is 924. The van der Waals surface area contributed by atoms with E-state index >= 15 is 0 Å². The SMILES string of the molecule is C=CCOc1ccc(/C=N/NC(=O)c2ccc(OCC=C)c(OCC)c2)cc1OCC. The minimum absolute atomic E-state index is 0.344. The van der Waals surface area contributed by atoms with Crippen LogP contribution >= 0.6 is 0 Å². The normalized spacial score (nSPS) is 10.4. The Hall–Kier alpha value is -3.74. The minimum Gasteiger partial charge on any atom is -0.490 e. The van der Waals surface area contributed by atoms with E-state index in [1.54, 1.807) is 42.5 Å². The number of nitrogens with one attached hydrogen (secondary N) is 1. The van der Waals surface area contributed by atoms with E-state index in [9.17, 15) is 4.79 Å². The molecular weight excluding hydrogens is 396 g/mol. The maximum Gasteiger partial charge on any atom is 0.271 e. The third-order valence-corrected chi connectivity index (χ3v) is 3.87. The van der Waals surface area contributed by atoms with Crippen LogP contribution in [0.15, 0.2) is 66.8 Å². The highest BCUT2D eigenvalue weighted by atomic mass is 16.5. The first-order valence-corrected chi connectivity index (χ1v) is 9.97. The second kappa shape index (κ2) is 12.7. The Morgan fingerprint density at radius 3 is 2.03 bits per heavy atom. The number of carbonyl (C=O) groups excluding carboxylic acids is 1. The van der Waals surface area contributed by atoms with E-state index in [0.717, 1.165) is 5.56 Å². The molecule has 0 aliphatic heterocycles. The van der Waals surface area contributed by atoms with Crippen molar-refractivity contribution >= 4 is 12.1 Å². The van der Waals surface area contributed by atoms with Crippen molar-refractivity contribution in [3.63, 3.8) is 0 Å². The van der Waals surface area contributed by atoms with Crippen LogP contribution in [0.4, 0.5) is 0 Å². The summed E-state index contributed by atoms with van der Waals surface area (Å²) in [5.74, 6) is 1.87. The van der Waals surface area contributed by atoms with E-state index in [-0.39, 0.29) is 5.91 Å². The summed E-state index contributed by atoms with van der Waals surface area (Å²) in [6, 6.07) is 10.3. The van der Waals surface area contributed by atoms with Gasteiger partial charge < -0.3 is 18.9 Å². The molecule has 2 aromatic carbocycles. The quantitative estimate of drug-likeness (QED) is 0.293. The Morgan fingerprint density at radius 1 is 0.871 bits per heavy atom. The van der Waals surface area contributed by atoms with Crippen LogP contribution in [0.5, 0.6) is 23.0 Å². The molecule has 7 heteroatoms. The zero-order chi connectivity index (χ0) is 22.5. The second-order valence-corrected chi connectivity index (χ2v) is 6.13. The average Bonchev–Trinajstić information content (AvgIpc) is 2.78. The van der Waals surface area contributed by atoms with Crippen LogP contribution in [0.3, 0.4) is 0 Å². The molecule has 0 heterocycles. The van der Waals surface area contributed by atoms with Gasteiger partial charge in [-0.15, -0.1) is 0 Å². The van der Waals surface area contributed by atoms with Crippen molar-refractivity contribution in [2.24, 2.45) is 5.10 Å². The maximum atomic E-state index is 12.5. The van der Waals surface area contributed by atoms with Gasteiger partial charge in [0.25, 0.3) is 5.91 Å². The first-order valence-electron chi connectivity index (χ1n) is 9.97. The van der Waals surface area contributed by atoms with Crippen molar-refractivity contribution in [1.82, 2.24) is 5.43 Å². The summed E-state index contributed by atoms with van der Waals surface area (Å²) in [6.45, 7) is 12.7. The number of benzene rings is 2. The monoisotopic (exact) mass is 424 g/mol. The largest absolute Gasteiger partial charge is 0.490 e. The lowest BCUT2D eigenvalue weighted by Crippen LogP contribution is -2.17. The smallest absolute Gasteiger partial charge is 0.271 e. The number of rotatable bonds is 13. The summed E-state index contributed by atoms with van der Waals surface area (Å²) in [6.07, 6.45) is 4.83. The Morgan fingerprint density at radius 2 is 1.45 bits per heavy atom. The van der Waals surface area contributed by atoms with Gasteiger partial charge in [0.15, 0.2) is 23.0 Å². The van der Waals surface area contributed by atoms with Gasteiger partial charge in [0.2, 0.25) is 0 Å². The number of hydrogen-bond donors (Lipinski definition) is 1. The van der Waals surface area contributed by atoms with Crippen LogP contribution < -0.4 is 24.4 Å². The highest BCUT2D eigenvalue weighted by Crippen LogP contribution is 2.29. The van der Waals surface area contributed by atoms with Crippen LogP contribution in [-0.4, -0.2) is 38.5 Å². The van der Waals surface area contributed by atoms with Gasteiger partial charge in [-0.25, -0.2) is 5.43 Å². The predicted molar refractivity (Wildman–Crippen MR) is 122 cm³/mol. The van der Waals surface area contributed by atoms with Crippen molar-refractivity contribution in [3.8, 4) is 23.0 Å². The van der Waals surface area contributed by atoms with E-state index in [0.29, 0.717) is 55.0 Å². The van der Waals surface area contributed by atoms with Gasteiger partial charge in [-0.2, -0.15) is 5.10 Å². The topological polar surface area (TPSA) is 78.4 Å². The lowest BCUT2D eigenvalue weighted by Gasteiger charge is -2.12. The molecule has 0 unspecified atom stereocenters. The number of hydrazone groups is 1. The summed E-state index contributed by atoms with van der Waals surface area (Å²) >= 11 is 0. The molecule has 2 aromatic rings. The molecule has 0 radical (unpaired) electrons. The Labute approximate surface area is 183 Å². The van der Waals surface area contributed by atoms with Crippen LogP contribution in [0.2, 0.25) is 0 Å². The number of ether oxygens (including phenoxy) is 4. The van der Waals surface area contributed by atoms with E-state index < -0.39 is 0 Å². The van der Waals surface area contributed by atoms with Gasteiger partial charge in [-0.05, 0) is 55.8 Å². The molecule has 0 saturated carbocycles. The Balaban J connectivity index is 2.09. The van der Waals surface area contributed by atoms with E-state index in [4.69, 9.17) is 18.9 Å². The van der Waals surface area contributed by atoms with Crippen molar-refractivity contribution < 1.29 is 23.7 Å². The number of amides is 1. The zero-order valence-electron chi connectivity index (χ0n) is 17.9. The average molecular weight is 424 g/mol. The highest BCUT2D eigenvalue weighted by Gasteiger charge is 2.11. The molecule has 0 aromatic heterocycles. The Kier molecular flexibility index (Phi) is 9.68.